The van der Waals surface area contributed by atoms with Crippen LogP contribution in [0.5, 0.6) is 0 Å². The van der Waals surface area contributed by atoms with Crippen LogP contribution in [-0.4, -0.2) is 31.9 Å². The first kappa shape index (κ1) is 15.3. The van der Waals surface area contributed by atoms with Gasteiger partial charge in [0.15, 0.2) is 0 Å². The minimum Gasteiger partial charge on any atom is -0.327 e. The first-order valence-corrected chi connectivity index (χ1v) is 8.01. The van der Waals surface area contributed by atoms with Crippen molar-refractivity contribution in [3.05, 3.63) is 29.8 Å². The van der Waals surface area contributed by atoms with Gasteiger partial charge in [-0.05, 0) is 24.5 Å². The van der Waals surface area contributed by atoms with Crippen LogP contribution in [0.25, 0.3) is 0 Å². The van der Waals surface area contributed by atoms with Gasteiger partial charge in [-0.15, -0.1) is 0 Å². The molecule has 2 unspecified atom stereocenters. The van der Waals surface area contributed by atoms with Crippen LogP contribution in [0, 0.1) is 17.6 Å². The Bertz CT molecular complexity index is 592. The van der Waals surface area contributed by atoms with Gasteiger partial charge in [-0.25, -0.2) is 17.2 Å². The molecule has 1 fully saturated rings. The fourth-order valence-corrected chi connectivity index (χ4v) is 4.05. The Balaban J connectivity index is 2.31. The fraction of sp³-hybridized carbons (Fsp3) is 0.538. The van der Waals surface area contributed by atoms with Crippen LogP contribution in [0.15, 0.2) is 23.1 Å². The summed E-state index contributed by atoms with van der Waals surface area (Å²) in [6, 6.07) is 2.46. The van der Waals surface area contributed by atoms with Crippen molar-refractivity contribution >= 4 is 10.0 Å². The summed E-state index contributed by atoms with van der Waals surface area (Å²) in [6.45, 7) is 2.48. The maximum atomic E-state index is 13.7. The van der Waals surface area contributed by atoms with Crippen molar-refractivity contribution < 1.29 is 17.2 Å². The first-order chi connectivity index (χ1) is 9.36. The van der Waals surface area contributed by atoms with Gasteiger partial charge >= 0.3 is 0 Å². The summed E-state index contributed by atoms with van der Waals surface area (Å²) in [6.07, 6.45) is 1.31. The third-order valence-electron chi connectivity index (χ3n) is 3.79. The number of hydrogen-bond donors (Lipinski definition) is 1. The molecule has 0 saturated carbocycles. The molecule has 112 valence electrons. The Morgan fingerprint density at radius 1 is 1.40 bits per heavy atom. The zero-order valence-corrected chi connectivity index (χ0v) is 12.0. The van der Waals surface area contributed by atoms with Crippen molar-refractivity contribution in [3.63, 3.8) is 0 Å². The fourth-order valence-electron chi connectivity index (χ4n) is 2.49. The molecule has 1 aliphatic rings. The second kappa shape index (κ2) is 5.75. The van der Waals surface area contributed by atoms with Crippen LogP contribution in [0.4, 0.5) is 8.78 Å². The average molecular weight is 304 g/mol. The summed E-state index contributed by atoms with van der Waals surface area (Å²) in [5.41, 5.74) is 5.94. The van der Waals surface area contributed by atoms with Crippen LogP contribution in [0.1, 0.15) is 19.8 Å². The normalized spacial score (nSPS) is 24.8. The van der Waals surface area contributed by atoms with E-state index in [4.69, 9.17) is 5.73 Å². The van der Waals surface area contributed by atoms with E-state index in [1.807, 2.05) is 6.92 Å². The van der Waals surface area contributed by atoms with E-state index in [9.17, 15) is 17.2 Å². The summed E-state index contributed by atoms with van der Waals surface area (Å²) in [5.74, 6) is -1.80. The van der Waals surface area contributed by atoms with Gasteiger partial charge in [0.25, 0.3) is 0 Å². The van der Waals surface area contributed by atoms with Crippen LogP contribution in [0.3, 0.4) is 0 Å². The molecule has 2 N–H and O–H groups in total. The topological polar surface area (TPSA) is 63.4 Å². The molecule has 2 atom stereocenters. The van der Waals surface area contributed by atoms with Gasteiger partial charge in [0.2, 0.25) is 10.0 Å². The smallest absolute Gasteiger partial charge is 0.245 e. The van der Waals surface area contributed by atoms with Gasteiger partial charge in [0.1, 0.15) is 16.5 Å². The van der Waals surface area contributed by atoms with Gasteiger partial charge < -0.3 is 5.73 Å². The highest BCUT2D eigenvalue weighted by Gasteiger charge is 2.34. The van der Waals surface area contributed by atoms with E-state index >= 15 is 0 Å². The van der Waals surface area contributed by atoms with E-state index in [1.165, 1.54) is 4.31 Å². The number of benzene rings is 1. The Labute approximate surface area is 117 Å². The number of piperidine rings is 1. The monoisotopic (exact) mass is 304 g/mol. The lowest BCUT2D eigenvalue weighted by Crippen LogP contribution is -2.49. The van der Waals surface area contributed by atoms with Crippen molar-refractivity contribution in [2.75, 3.05) is 13.1 Å². The summed E-state index contributed by atoms with van der Waals surface area (Å²) < 4.78 is 52.6. The van der Waals surface area contributed by atoms with Gasteiger partial charge in [-0.2, -0.15) is 4.31 Å². The minimum absolute atomic E-state index is 0.0375. The van der Waals surface area contributed by atoms with Gasteiger partial charge in [-0.3, -0.25) is 0 Å². The molecular formula is C13H18F2N2O2S. The largest absolute Gasteiger partial charge is 0.327 e. The summed E-state index contributed by atoms with van der Waals surface area (Å²) in [7, 11) is -3.94. The molecule has 1 saturated heterocycles. The van der Waals surface area contributed by atoms with Crippen molar-refractivity contribution in [2.45, 2.75) is 30.7 Å². The molecule has 7 heteroatoms. The molecule has 1 aromatic carbocycles. The molecule has 0 amide bonds. The Morgan fingerprint density at radius 3 is 2.70 bits per heavy atom. The molecule has 2 rings (SSSR count). The highest BCUT2D eigenvalue weighted by Crippen LogP contribution is 2.26. The van der Waals surface area contributed by atoms with E-state index < -0.39 is 26.6 Å². The molecule has 0 spiro atoms. The second-order valence-electron chi connectivity index (χ2n) is 5.06. The first-order valence-electron chi connectivity index (χ1n) is 6.57. The minimum atomic E-state index is -3.94. The van der Waals surface area contributed by atoms with Crippen LogP contribution in [-0.2, 0) is 10.0 Å². The quantitative estimate of drug-likeness (QED) is 0.924. The Kier molecular flexibility index (Phi) is 4.41. The highest BCUT2D eigenvalue weighted by atomic mass is 32.2. The maximum Gasteiger partial charge on any atom is 0.245 e. The van der Waals surface area contributed by atoms with E-state index in [2.05, 4.69) is 0 Å². The summed E-state index contributed by atoms with van der Waals surface area (Å²) >= 11 is 0. The number of rotatable bonds is 3. The SMILES string of the molecule is CCC1CN(S(=O)(=O)c2ccc(F)cc2F)CCC1N. The Hall–Kier alpha value is -1.05. The van der Waals surface area contributed by atoms with Gasteiger partial charge in [-0.1, -0.05) is 13.3 Å². The van der Waals surface area contributed by atoms with Crippen molar-refractivity contribution in [3.8, 4) is 0 Å². The van der Waals surface area contributed by atoms with Crippen molar-refractivity contribution in [2.24, 2.45) is 11.7 Å². The molecule has 20 heavy (non-hydrogen) atoms. The maximum absolute atomic E-state index is 13.7. The van der Waals surface area contributed by atoms with E-state index in [1.54, 1.807) is 0 Å². The van der Waals surface area contributed by atoms with Crippen LogP contribution < -0.4 is 5.73 Å². The predicted molar refractivity (Wildman–Crippen MR) is 71.5 cm³/mol. The third-order valence-corrected chi connectivity index (χ3v) is 5.69. The van der Waals surface area contributed by atoms with Crippen molar-refractivity contribution in [1.82, 2.24) is 4.31 Å². The molecule has 1 heterocycles. The molecule has 0 radical (unpaired) electrons. The number of halogens is 2. The molecule has 1 aliphatic heterocycles. The number of sulfonamides is 1. The van der Waals surface area contributed by atoms with Crippen LogP contribution in [0.2, 0.25) is 0 Å². The number of hydrogen-bond acceptors (Lipinski definition) is 3. The van der Waals surface area contributed by atoms with Gasteiger partial charge in [0, 0.05) is 25.2 Å². The molecule has 0 aliphatic carbocycles. The van der Waals surface area contributed by atoms with Crippen molar-refractivity contribution in [1.29, 1.82) is 0 Å². The highest BCUT2D eigenvalue weighted by molar-refractivity contribution is 7.89. The third kappa shape index (κ3) is 2.84. The number of nitrogens with two attached hydrogens (primary N) is 1. The van der Waals surface area contributed by atoms with E-state index in [0.717, 1.165) is 18.6 Å². The van der Waals surface area contributed by atoms with E-state index in [-0.39, 0.29) is 25.0 Å². The molecule has 0 aromatic heterocycles. The predicted octanol–water partition coefficient (Wildman–Crippen LogP) is 1.71. The van der Waals surface area contributed by atoms with Crippen LogP contribution >= 0.6 is 0 Å². The van der Waals surface area contributed by atoms with Gasteiger partial charge in [0.05, 0.1) is 0 Å². The van der Waals surface area contributed by atoms with E-state index in [0.29, 0.717) is 12.5 Å². The zero-order chi connectivity index (χ0) is 14.9. The lowest BCUT2D eigenvalue weighted by Gasteiger charge is -2.35. The Morgan fingerprint density at radius 2 is 2.10 bits per heavy atom. The standard InChI is InChI=1S/C13H18F2N2O2S/c1-2-9-8-17(6-5-12(9)16)20(18,19)13-4-3-10(14)7-11(13)15/h3-4,7,9,12H,2,5-6,8,16H2,1H3. The zero-order valence-electron chi connectivity index (χ0n) is 11.2. The summed E-state index contributed by atoms with van der Waals surface area (Å²) in [5, 5.41) is 0. The average Bonchev–Trinajstić information content (AvgIpc) is 2.38. The molecular weight excluding hydrogens is 286 g/mol. The lowest BCUT2D eigenvalue weighted by molar-refractivity contribution is 0.230. The molecule has 1 aromatic rings. The second-order valence-corrected chi connectivity index (χ2v) is 6.97. The molecule has 0 bridgehead atoms. The molecule has 4 nitrogen and oxygen atoms in total. The number of nitrogens with zero attached hydrogens (tertiary/aromatic N) is 1. The lowest BCUT2D eigenvalue weighted by atomic mass is 9.92. The summed E-state index contributed by atoms with van der Waals surface area (Å²) in [4.78, 5) is -0.482.